The van der Waals surface area contributed by atoms with Gasteiger partial charge in [-0.05, 0) is 36.4 Å². The Hall–Kier alpha value is -5.88. The van der Waals surface area contributed by atoms with E-state index < -0.39 is 0 Å². The minimum absolute atomic E-state index is 0.542. The Bertz CT molecular complexity index is 2480. The second-order valence-electron chi connectivity index (χ2n) is 10.3. The minimum atomic E-state index is 0.542. The highest BCUT2D eigenvalue weighted by molar-refractivity contribution is 6.15. The molecule has 0 bridgehead atoms. The summed E-state index contributed by atoms with van der Waals surface area (Å²) in [5, 5.41) is 5.02. The first-order chi connectivity index (χ1) is 20.8. The number of fused-ring (bicyclic) bond motifs is 7. The third-order valence-corrected chi connectivity index (χ3v) is 7.77. The van der Waals surface area contributed by atoms with E-state index in [2.05, 4.69) is 23.2 Å². The third kappa shape index (κ3) is 3.45. The number of hydrogen-bond donors (Lipinski definition) is 0. The fraction of sp³-hybridized carbons (Fsp3) is 0. The summed E-state index contributed by atoms with van der Waals surface area (Å²) in [6.45, 7) is 0. The van der Waals surface area contributed by atoms with E-state index >= 15 is 0 Å². The van der Waals surface area contributed by atoms with E-state index in [9.17, 15) is 0 Å². The van der Waals surface area contributed by atoms with E-state index in [-0.39, 0.29) is 0 Å². The van der Waals surface area contributed by atoms with Crippen LogP contribution in [0.15, 0.2) is 130 Å². The van der Waals surface area contributed by atoms with Crippen LogP contribution in [0.3, 0.4) is 0 Å². The first kappa shape index (κ1) is 22.9. The number of nitrogens with zero attached hydrogens (tertiary/aromatic N) is 4. The fourth-order valence-electron chi connectivity index (χ4n) is 5.83. The van der Waals surface area contributed by atoms with Crippen LogP contribution in [-0.4, -0.2) is 19.9 Å². The van der Waals surface area contributed by atoms with Crippen molar-refractivity contribution < 1.29 is 8.83 Å². The molecule has 0 aliphatic heterocycles. The maximum atomic E-state index is 6.36. The van der Waals surface area contributed by atoms with Gasteiger partial charge in [0.25, 0.3) is 0 Å². The van der Waals surface area contributed by atoms with Crippen LogP contribution in [0.1, 0.15) is 0 Å². The molecule has 0 radical (unpaired) electrons. The molecule has 6 nitrogen and oxygen atoms in total. The van der Waals surface area contributed by atoms with Gasteiger partial charge in [0.1, 0.15) is 22.3 Å². The smallest absolute Gasteiger partial charge is 0.167 e. The number of pyridine rings is 1. The lowest BCUT2D eigenvalue weighted by Crippen LogP contribution is -2.00. The van der Waals surface area contributed by atoms with Crippen molar-refractivity contribution in [2.45, 2.75) is 0 Å². The Balaban J connectivity index is 1.35. The van der Waals surface area contributed by atoms with Crippen LogP contribution in [0.5, 0.6) is 0 Å². The molecule has 0 aliphatic rings. The monoisotopic (exact) mass is 540 g/mol. The lowest BCUT2D eigenvalue weighted by molar-refractivity contribution is 0.669. The number of furan rings is 2. The molecule has 196 valence electrons. The van der Waals surface area contributed by atoms with Crippen LogP contribution in [0.25, 0.3) is 88.9 Å². The van der Waals surface area contributed by atoms with Crippen LogP contribution in [0, 0.1) is 0 Å². The van der Waals surface area contributed by atoms with E-state index in [0.717, 1.165) is 71.5 Å². The molecule has 9 aromatic rings. The Kier molecular flexibility index (Phi) is 4.80. The molecule has 0 spiro atoms. The lowest BCUT2D eigenvalue weighted by atomic mass is 10.0. The van der Waals surface area contributed by atoms with Crippen molar-refractivity contribution in [1.29, 1.82) is 0 Å². The average Bonchev–Trinajstić information content (AvgIpc) is 3.62. The van der Waals surface area contributed by atoms with Gasteiger partial charge in [0, 0.05) is 44.3 Å². The fourth-order valence-corrected chi connectivity index (χ4v) is 5.83. The molecule has 6 heteroatoms. The second kappa shape index (κ2) is 8.81. The molecule has 42 heavy (non-hydrogen) atoms. The minimum Gasteiger partial charge on any atom is -0.456 e. The third-order valence-electron chi connectivity index (χ3n) is 7.77. The standard InChI is InChI=1S/C36H20N4O2/c1-2-9-21(10-3-1)34-38-35(40-36(39-34)26-15-6-13-24-23-12-4-5-16-29(23)42-33(24)26)25-14-7-17-30-32(25)27-20-28-22(11-8-18-37-28)19-31(27)41-30/h1-20H. The summed E-state index contributed by atoms with van der Waals surface area (Å²) >= 11 is 0. The van der Waals surface area contributed by atoms with Gasteiger partial charge in [-0.1, -0.05) is 78.9 Å². The van der Waals surface area contributed by atoms with Gasteiger partial charge in [-0.2, -0.15) is 0 Å². The van der Waals surface area contributed by atoms with Crippen molar-refractivity contribution in [2.24, 2.45) is 0 Å². The molecule has 5 aromatic carbocycles. The van der Waals surface area contributed by atoms with Crippen LogP contribution >= 0.6 is 0 Å². The van der Waals surface area contributed by atoms with Gasteiger partial charge >= 0.3 is 0 Å². The van der Waals surface area contributed by atoms with E-state index in [0.29, 0.717) is 17.5 Å². The zero-order valence-electron chi connectivity index (χ0n) is 22.2. The largest absolute Gasteiger partial charge is 0.456 e. The number of rotatable bonds is 3. The first-order valence-corrected chi connectivity index (χ1v) is 13.7. The number of hydrogen-bond acceptors (Lipinski definition) is 6. The predicted molar refractivity (Wildman–Crippen MR) is 166 cm³/mol. The topological polar surface area (TPSA) is 77.8 Å². The molecule has 4 heterocycles. The zero-order chi connectivity index (χ0) is 27.6. The summed E-state index contributed by atoms with van der Waals surface area (Å²) in [6, 6.07) is 38.2. The van der Waals surface area contributed by atoms with E-state index in [1.807, 2.05) is 97.1 Å². The maximum absolute atomic E-state index is 6.36. The molecule has 0 atom stereocenters. The molecule has 0 saturated heterocycles. The molecule has 4 aromatic heterocycles. The highest BCUT2D eigenvalue weighted by atomic mass is 16.3. The Morgan fingerprint density at radius 2 is 1.21 bits per heavy atom. The van der Waals surface area contributed by atoms with Gasteiger partial charge in [0.15, 0.2) is 17.5 Å². The molecule has 0 N–H and O–H groups in total. The highest BCUT2D eigenvalue weighted by Gasteiger charge is 2.20. The van der Waals surface area contributed by atoms with Gasteiger partial charge in [0.2, 0.25) is 0 Å². The first-order valence-electron chi connectivity index (χ1n) is 13.7. The van der Waals surface area contributed by atoms with Crippen molar-refractivity contribution in [3.05, 3.63) is 121 Å². The Morgan fingerprint density at radius 1 is 0.476 bits per heavy atom. The van der Waals surface area contributed by atoms with E-state index in [1.165, 1.54) is 0 Å². The summed E-state index contributed by atoms with van der Waals surface area (Å²) in [4.78, 5) is 19.6. The number of benzene rings is 5. The zero-order valence-corrected chi connectivity index (χ0v) is 22.2. The van der Waals surface area contributed by atoms with Crippen LogP contribution < -0.4 is 0 Å². The predicted octanol–water partition coefficient (Wildman–Crippen LogP) is 9.22. The van der Waals surface area contributed by atoms with Crippen LogP contribution in [0.2, 0.25) is 0 Å². The average molecular weight is 541 g/mol. The van der Waals surface area contributed by atoms with Gasteiger partial charge in [-0.15, -0.1) is 0 Å². The SMILES string of the molecule is c1ccc(-c2nc(-c3cccc4c3oc3ccccc34)nc(-c3cccc4oc5cc6cccnc6cc5c34)n2)cc1. The van der Waals surface area contributed by atoms with Crippen molar-refractivity contribution in [2.75, 3.05) is 0 Å². The van der Waals surface area contributed by atoms with Gasteiger partial charge in [0.05, 0.1) is 11.1 Å². The normalized spacial score (nSPS) is 11.8. The van der Waals surface area contributed by atoms with Crippen LogP contribution in [-0.2, 0) is 0 Å². The Morgan fingerprint density at radius 3 is 2.14 bits per heavy atom. The second-order valence-corrected chi connectivity index (χ2v) is 10.3. The molecule has 0 fully saturated rings. The summed E-state index contributed by atoms with van der Waals surface area (Å²) in [6.07, 6.45) is 1.81. The summed E-state index contributed by atoms with van der Waals surface area (Å²) in [7, 11) is 0. The van der Waals surface area contributed by atoms with Crippen LogP contribution in [0.4, 0.5) is 0 Å². The van der Waals surface area contributed by atoms with Gasteiger partial charge in [-0.25, -0.2) is 15.0 Å². The molecule has 0 unspecified atom stereocenters. The summed E-state index contributed by atoms with van der Waals surface area (Å²) in [5.74, 6) is 1.68. The number of para-hydroxylation sites is 2. The molecule has 0 amide bonds. The molecule has 0 aliphatic carbocycles. The van der Waals surface area contributed by atoms with E-state index in [4.69, 9.17) is 23.8 Å². The molecule has 9 rings (SSSR count). The molecule has 0 saturated carbocycles. The van der Waals surface area contributed by atoms with E-state index in [1.54, 1.807) is 6.20 Å². The van der Waals surface area contributed by atoms with Crippen molar-refractivity contribution >= 4 is 54.8 Å². The van der Waals surface area contributed by atoms with Crippen molar-refractivity contribution in [3.63, 3.8) is 0 Å². The Labute approximate surface area is 238 Å². The lowest BCUT2D eigenvalue weighted by Gasteiger charge is -2.09. The van der Waals surface area contributed by atoms with Crippen molar-refractivity contribution in [1.82, 2.24) is 19.9 Å². The maximum Gasteiger partial charge on any atom is 0.167 e. The summed E-state index contributed by atoms with van der Waals surface area (Å²) < 4.78 is 12.7. The van der Waals surface area contributed by atoms with Gasteiger partial charge < -0.3 is 8.83 Å². The molecular weight excluding hydrogens is 520 g/mol. The van der Waals surface area contributed by atoms with Gasteiger partial charge in [-0.3, -0.25) is 4.98 Å². The highest BCUT2D eigenvalue weighted by Crippen LogP contribution is 2.39. The molecular formula is C36H20N4O2. The van der Waals surface area contributed by atoms with Crippen molar-refractivity contribution in [3.8, 4) is 34.2 Å². The summed E-state index contributed by atoms with van der Waals surface area (Å²) in [5.41, 5.74) is 6.61. The number of aromatic nitrogens is 4. The quantitative estimate of drug-likeness (QED) is 0.222.